The molecule has 1 fully saturated rings. The van der Waals surface area contributed by atoms with Crippen LogP contribution in [0.15, 0.2) is 54.2 Å². The van der Waals surface area contributed by atoms with Gasteiger partial charge in [-0.05, 0) is 62.6 Å². The minimum atomic E-state index is -0.547. The molecule has 2 aliphatic rings. The molecule has 2 heterocycles. The summed E-state index contributed by atoms with van der Waals surface area (Å²) in [6.45, 7) is 9.52. The van der Waals surface area contributed by atoms with Gasteiger partial charge in [0.2, 0.25) is 0 Å². The number of urea groups is 1. The number of imide groups is 1. The molecule has 32 heavy (non-hydrogen) atoms. The molecule has 3 amide bonds. The molecule has 0 unspecified atom stereocenters. The molecule has 2 aliphatic heterocycles. The number of allylic oxidation sites excluding steroid dienone is 1. The molecule has 1 saturated heterocycles. The minimum Gasteiger partial charge on any atom is -0.362 e. The monoisotopic (exact) mass is 433 g/mol. The van der Waals surface area contributed by atoms with E-state index in [0.29, 0.717) is 5.56 Å². The maximum atomic E-state index is 14.0. The summed E-state index contributed by atoms with van der Waals surface area (Å²) < 4.78 is 14.0. The fourth-order valence-electron chi connectivity index (χ4n) is 4.50. The Morgan fingerprint density at radius 1 is 1.12 bits per heavy atom. The first-order chi connectivity index (χ1) is 15.2. The van der Waals surface area contributed by atoms with Gasteiger partial charge in [0.1, 0.15) is 11.5 Å². The summed E-state index contributed by atoms with van der Waals surface area (Å²) in [6.07, 6.45) is 4.99. The SMILES string of the molecule is CCCN1c2ccc(/C=C3/NC(=O)N(Cc4ccccc4F)C3=O)cc2C(C)=CC1(C)C. The number of fused-ring (bicyclic) bond motifs is 1. The molecule has 0 aliphatic carbocycles. The summed E-state index contributed by atoms with van der Waals surface area (Å²) in [4.78, 5) is 28.7. The summed E-state index contributed by atoms with van der Waals surface area (Å²) in [5.41, 5.74) is 4.70. The van der Waals surface area contributed by atoms with Crippen LogP contribution < -0.4 is 10.2 Å². The van der Waals surface area contributed by atoms with Gasteiger partial charge in [-0.2, -0.15) is 0 Å². The van der Waals surface area contributed by atoms with Crippen molar-refractivity contribution >= 4 is 29.3 Å². The lowest BCUT2D eigenvalue weighted by atomic mass is 9.87. The summed E-state index contributed by atoms with van der Waals surface area (Å²) in [6, 6.07) is 11.7. The number of amides is 3. The number of carbonyl (C=O) groups excluding carboxylic acids is 2. The van der Waals surface area contributed by atoms with Crippen LogP contribution in [0.4, 0.5) is 14.9 Å². The van der Waals surface area contributed by atoms with Gasteiger partial charge in [-0.1, -0.05) is 37.3 Å². The van der Waals surface area contributed by atoms with E-state index in [0.717, 1.165) is 29.0 Å². The van der Waals surface area contributed by atoms with Crippen molar-refractivity contribution in [3.63, 3.8) is 0 Å². The van der Waals surface area contributed by atoms with Crippen LogP contribution in [0.3, 0.4) is 0 Å². The third kappa shape index (κ3) is 3.93. The highest BCUT2D eigenvalue weighted by molar-refractivity contribution is 6.14. The highest BCUT2D eigenvalue weighted by Crippen LogP contribution is 2.39. The van der Waals surface area contributed by atoms with Gasteiger partial charge in [0.25, 0.3) is 5.91 Å². The lowest BCUT2D eigenvalue weighted by Gasteiger charge is -2.43. The Hall–Kier alpha value is -3.41. The summed E-state index contributed by atoms with van der Waals surface area (Å²) in [5.74, 6) is -0.904. The Balaban J connectivity index is 1.62. The van der Waals surface area contributed by atoms with Gasteiger partial charge < -0.3 is 10.2 Å². The fourth-order valence-corrected chi connectivity index (χ4v) is 4.50. The molecular formula is C26H28FN3O2. The molecule has 6 heteroatoms. The number of anilines is 1. The second-order valence-electron chi connectivity index (χ2n) is 8.88. The van der Waals surface area contributed by atoms with Gasteiger partial charge in [-0.25, -0.2) is 9.18 Å². The molecule has 5 nitrogen and oxygen atoms in total. The molecular weight excluding hydrogens is 405 g/mol. The number of hydrogen-bond donors (Lipinski definition) is 1. The molecule has 4 rings (SSSR count). The maximum Gasteiger partial charge on any atom is 0.329 e. The van der Waals surface area contributed by atoms with Gasteiger partial charge in [0, 0.05) is 23.4 Å². The van der Waals surface area contributed by atoms with Crippen molar-refractivity contribution in [1.29, 1.82) is 0 Å². The van der Waals surface area contributed by atoms with E-state index in [1.54, 1.807) is 24.3 Å². The zero-order chi connectivity index (χ0) is 23.0. The molecule has 0 aromatic heterocycles. The Labute approximate surface area is 188 Å². The van der Waals surface area contributed by atoms with E-state index in [1.165, 1.54) is 17.3 Å². The molecule has 0 spiro atoms. The van der Waals surface area contributed by atoms with Crippen molar-refractivity contribution in [2.45, 2.75) is 46.2 Å². The molecule has 0 radical (unpaired) electrons. The van der Waals surface area contributed by atoms with Crippen molar-refractivity contribution < 1.29 is 14.0 Å². The average molecular weight is 434 g/mol. The predicted octanol–water partition coefficient (Wildman–Crippen LogP) is 5.33. The van der Waals surface area contributed by atoms with Crippen molar-refractivity contribution in [3.8, 4) is 0 Å². The maximum absolute atomic E-state index is 14.0. The van der Waals surface area contributed by atoms with Gasteiger partial charge in [-0.3, -0.25) is 9.69 Å². The molecule has 2 aromatic carbocycles. The van der Waals surface area contributed by atoms with Gasteiger partial charge >= 0.3 is 6.03 Å². The number of rotatable bonds is 5. The van der Waals surface area contributed by atoms with E-state index in [9.17, 15) is 14.0 Å². The molecule has 0 bridgehead atoms. The average Bonchev–Trinajstić information content (AvgIpc) is 3.00. The standard InChI is InChI=1S/C26H28FN3O2/c1-5-12-30-23-11-10-18(13-20(23)17(2)15-26(30,3)4)14-22-24(31)29(25(32)28-22)16-19-8-6-7-9-21(19)27/h6-11,13-15H,5,12,16H2,1-4H3,(H,28,32)/b22-14+. The zero-order valence-electron chi connectivity index (χ0n) is 18.9. The lowest BCUT2D eigenvalue weighted by Crippen LogP contribution is -2.45. The minimum absolute atomic E-state index is 0.0737. The van der Waals surface area contributed by atoms with Gasteiger partial charge in [-0.15, -0.1) is 0 Å². The summed E-state index contributed by atoms with van der Waals surface area (Å²) in [7, 11) is 0. The van der Waals surface area contributed by atoms with Crippen LogP contribution in [-0.2, 0) is 11.3 Å². The third-order valence-electron chi connectivity index (χ3n) is 6.01. The van der Waals surface area contributed by atoms with Crippen molar-refractivity contribution in [2.24, 2.45) is 0 Å². The first kappa shape index (κ1) is 21.8. The number of nitrogens with zero attached hydrogens (tertiary/aromatic N) is 2. The first-order valence-corrected chi connectivity index (χ1v) is 10.9. The van der Waals surface area contributed by atoms with Crippen LogP contribution in [0.5, 0.6) is 0 Å². The second-order valence-corrected chi connectivity index (χ2v) is 8.88. The third-order valence-corrected chi connectivity index (χ3v) is 6.01. The van der Waals surface area contributed by atoms with Crippen LogP contribution in [0, 0.1) is 5.82 Å². The van der Waals surface area contributed by atoms with E-state index in [4.69, 9.17) is 0 Å². The van der Waals surface area contributed by atoms with Crippen LogP contribution in [0.2, 0.25) is 0 Å². The zero-order valence-corrected chi connectivity index (χ0v) is 18.9. The van der Waals surface area contributed by atoms with Gasteiger partial charge in [0.15, 0.2) is 0 Å². The Bertz CT molecular complexity index is 1150. The molecule has 0 atom stereocenters. The quantitative estimate of drug-likeness (QED) is 0.512. The van der Waals surface area contributed by atoms with Crippen LogP contribution in [0.25, 0.3) is 11.6 Å². The molecule has 166 valence electrons. The van der Waals surface area contributed by atoms with Crippen LogP contribution in [0.1, 0.15) is 50.8 Å². The largest absolute Gasteiger partial charge is 0.362 e. The predicted molar refractivity (Wildman–Crippen MR) is 125 cm³/mol. The van der Waals surface area contributed by atoms with E-state index in [-0.39, 0.29) is 17.8 Å². The smallest absolute Gasteiger partial charge is 0.329 e. The highest BCUT2D eigenvalue weighted by atomic mass is 19.1. The van der Waals surface area contributed by atoms with Crippen molar-refractivity contribution in [3.05, 3.63) is 76.7 Å². The molecule has 1 N–H and O–H groups in total. The summed E-state index contributed by atoms with van der Waals surface area (Å²) >= 11 is 0. The number of benzene rings is 2. The van der Waals surface area contributed by atoms with Crippen molar-refractivity contribution in [1.82, 2.24) is 10.2 Å². The van der Waals surface area contributed by atoms with Crippen LogP contribution >= 0.6 is 0 Å². The topological polar surface area (TPSA) is 52.7 Å². The molecule has 2 aromatic rings. The van der Waals surface area contributed by atoms with E-state index < -0.39 is 17.8 Å². The fraction of sp³-hybridized carbons (Fsp3) is 0.308. The Morgan fingerprint density at radius 2 is 1.88 bits per heavy atom. The van der Waals surface area contributed by atoms with E-state index >= 15 is 0 Å². The highest BCUT2D eigenvalue weighted by Gasteiger charge is 2.34. The molecule has 0 saturated carbocycles. The second kappa shape index (κ2) is 8.26. The Kier molecular flexibility index (Phi) is 5.63. The number of hydrogen-bond acceptors (Lipinski definition) is 3. The van der Waals surface area contributed by atoms with E-state index in [2.05, 4.69) is 50.1 Å². The number of nitrogens with one attached hydrogen (secondary N) is 1. The summed E-state index contributed by atoms with van der Waals surface area (Å²) in [5, 5.41) is 2.63. The first-order valence-electron chi connectivity index (χ1n) is 10.9. The lowest BCUT2D eigenvalue weighted by molar-refractivity contribution is -0.123. The van der Waals surface area contributed by atoms with Gasteiger partial charge in [0.05, 0.1) is 12.1 Å². The Morgan fingerprint density at radius 3 is 2.59 bits per heavy atom. The van der Waals surface area contributed by atoms with E-state index in [1.807, 2.05) is 12.1 Å². The number of halogens is 1. The normalized spacial score (nSPS) is 18.7. The van der Waals surface area contributed by atoms with Crippen molar-refractivity contribution in [2.75, 3.05) is 11.4 Å². The number of carbonyl (C=O) groups is 2. The van der Waals surface area contributed by atoms with Crippen LogP contribution in [-0.4, -0.2) is 28.9 Å².